The second-order valence-electron chi connectivity index (χ2n) is 17.5. The minimum absolute atomic E-state index is 0.168. The molecule has 0 fully saturated rings. The molecule has 6 heteroatoms. The SMILES string of the molecule is CC.CC1(C)c2ccccc2-c2cc3c4cc(-c5ccc6c(c5)c5ccccc5n6-c5ccccc5)ccc4n(-c4cnc(-c5nc(-c6ccccc6)cc(-c6ccccc6)n5)nc4)c3cc21. The van der Waals surface area contributed by atoms with E-state index in [-0.39, 0.29) is 5.41 Å². The molecule has 8 aromatic carbocycles. The van der Waals surface area contributed by atoms with Gasteiger partial charge in [-0.2, -0.15) is 0 Å². The van der Waals surface area contributed by atoms with E-state index in [2.05, 4.69) is 175 Å². The maximum atomic E-state index is 5.01. The maximum absolute atomic E-state index is 5.01. The number of fused-ring (bicyclic) bond motifs is 9. The number of aromatic nitrogens is 6. The van der Waals surface area contributed by atoms with Gasteiger partial charge >= 0.3 is 0 Å². The summed E-state index contributed by atoms with van der Waals surface area (Å²) >= 11 is 0. The van der Waals surface area contributed by atoms with E-state index in [0.717, 1.165) is 50.5 Å². The number of para-hydroxylation sites is 2. The molecule has 0 saturated carbocycles. The summed E-state index contributed by atoms with van der Waals surface area (Å²) < 4.78 is 4.69. The Morgan fingerprint density at radius 2 is 0.866 bits per heavy atom. The number of rotatable bonds is 6. The largest absolute Gasteiger partial charge is 0.309 e. The summed E-state index contributed by atoms with van der Waals surface area (Å²) in [4.78, 5) is 20.0. The fourth-order valence-electron chi connectivity index (χ4n) is 10.3. The van der Waals surface area contributed by atoms with Gasteiger partial charge in [-0.1, -0.05) is 161 Å². The quantitative estimate of drug-likeness (QED) is 0.167. The topological polar surface area (TPSA) is 61.4 Å². The Hall–Kier alpha value is -8.48. The Balaban J connectivity index is 0.00000231. The Morgan fingerprint density at radius 1 is 0.358 bits per heavy atom. The number of nitrogens with zero attached hydrogens (tertiary/aromatic N) is 6. The van der Waals surface area contributed by atoms with Crippen molar-refractivity contribution in [2.45, 2.75) is 33.1 Å². The summed E-state index contributed by atoms with van der Waals surface area (Å²) in [6.07, 6.45) is 3.83. The lowest BCUT2D eigenvalue weighted by molar-refractivity contribution is 0.661. The molecule has 0 spiro atoms. The third-order valence-corrected chi connectivity index (χ3v) is 13.5. The summed E-state index contributed by atoms with van der Waals surface area (Å²) in [5.41, 5.74) is 17.7. The van der Waals surface area contributed by atoms with E-state index in [1.54, 1.807) is 0 Å². The zero-order valence-electron chi connectivity index (χ0n) is 37.8. The lowest BCUT2D eigenvalue weighted by atomic mass is 9.82. The Kier molecular flexibility index (Phi) is 9.50. The summed E-state index contributed by atoms with van der Waals surface area (Å²) in [7, 11) is 0. The van der Waals surface area contributed by atoms with Crippen molar-refractivity contribution in [3.8, 4) is 67.8 Å². The monoisotopic (exact) mass is 862 g/mol. The molecule has 0 bridgehead atoms. The van der Waals surface area contributed by atoms with Gasteiger partial charge in [-0.05, 0) is 94.0 Å². The van der Waals surface area contributed by atoms with Gasteiger partial charge in [-0.15, -0.1) is 0 Å². The standard InChI is InChI=1S/C59H40N6.C2H6/c1-59(2)49-24-14-12-22-43(49)45-32-48-47-31-40(39-26-28-54-46(30-39)44-23-13-15-25-53(44)64(54)41-20-10-5-11-21-41)27-29-55(47)65(56(48)33-50(45)59)42-35-60-57(61-36-42)58-62-51(37-16-6-3-7-17-37)34-52(63-58)38-18-8-4-9-19-38;1-2/h3-36H,1-2H3;1-2H3. The van der Waals surface area contributed by atoms with Crippen LogP contribution in [0.1, 0.15) is 38.8 Å². The van der Waals surface area contributed by atoms with Crippen LogP contribution in [0.2, 0.25) is 0 Å². The van der Waals surface area contributed by atoms with Gasteiger partial charge in [0.05, 0.1) is 51.5 Å². The van der Waals surface area contributed by atoms with Gasteiger partial charge in [-0.3, -0.25) is 0 Å². The molecule has 4 heterocycles. The van der Waals surface area contributed by atoms with Crippen molar-refractivity contribution in [3.63, 3.8) is 0 Å². The molecule has 12 aromatic rings. The lowest BCUT2D eigenvalue weighted by Crippen LogP contribution is -2.15. The van der Waals surface area contributed by atoms with E-state index in [0.29, 0.717) is 11.6 Å². The smallest absolute Gasteiger partial charge is 0.198 e. The van der Waals surface area contributed by atoms with Crippen LogP contribution in [0.15, 0.2) is 207 Å². The molecule has 0 amide bonds. The van der Waals surface area contributed by atoms with Crippen molar-refractivity contribution in [1.29, 1.82) is 0 Å². The first kappa shape index (κ1) is 40.1. The van der Waals surface area contributed by atoms with Gasteiger partial charge in [0.1, 0.15) is 0 Å². The first-order valence-corrected chi connectivity index (χ1v) is 23.1. The van der Waals surface area contributed by atoms with Gasteiger partial charge in [-0.25, -0.2) is 19.9 Å². The third kappa shape index (κ3) is 6.47. The highest BCUT2D eigenvalue weighted by molar-refractivity contribution is 6.14. The highest BCUT2D eigenvalue weighted by atomic mass is 15.0. The Morgan fingerprint density at radius 3 is 1.51 bits per heavy atom. The highest BCUT2D eigenvalue weighted by Gasteiger charge is 2.36. The number of hydrogen-bond donors (Lipinski definition) is 0. The fraction of sp³-hybridized carbons (Fsp3) is 0.0820. The van der Waals surface area contributed by atoms with Crippen LogP contribution in [0.4, 0.5) is 0 Å². The van der Waals surface area contributed by atoms with E-state index in [1.807, 2.05) is 68.7 Å². The van der Waals surface area contributed by atoms with Crippen LogP contribution in [-0.4, -0.2) is 29.1 Å². The molecular formula is C61H46N6. The van der Waals surface area contributed by atoms with Gasteiger partial charge in [0.25, 0.3) is 0 Å². The molecule has 6 nitrogen and oxygen atoms in total. The predicted octanol–water partition coefficient (Wildman–Crippen LogP) is 15.5. The third-order valence-electron chi connectivity index (χ3n) is 13.5. The van der Waals surface area contributed by atoms with Crippen molar-refractivity contribution < 1.29 is 0 Å². The van der Waals surface area contributed by atoms with E-state index in [1.165, 1.54) is 60.4 Å². The van der Waals surface area contributed by atoms with Crippen molar-refractivity contribution in [2.75, 3.05) is 0 Å². The summed E-state index contributed by atoms with van der Waals surface area (Å²) in [5, 5.41) is 4.82. The Bertz CT molecular complexity index is 3770. The van der Waals surface area contributed by atoms with Crippen LogP contribution >= 0.6 is 0 Å². The molecule has 0 aliphatic heterocycles. The fourth-order valence-corrected chi connectivity index (χ4v) is 10.3. The molecule has 13 rings (SSSR count). The zero-order chi connectivity index (χ0) is 45.2. The minimum atomic E-state index is -0.168. The molecule has 320 valence electrons. The van der Waals surface area contributed by atoms with Crippen LogP contribution in [-0.2, 0) is 5.41 Å². The molecule has 4 aromatic heterocycles. The average Bonchev–Trinajstić information content (AvgIpc) is 3.98. The van der Waals surface area contributed by atoms with E-state index < -0.39 is 0 Å². The Labute approximate surface area is 389 Å². The molecule has 1 aliphatic carbocycles. The van der Waals surface area contributed by atoms with Crippen LogP contribution in [0.3, 0.4) is 0 Å². The van der Waals surface area contributed by atoms with Crippen LogP contribution in [0, 0.1) is 0 Å². The predicted molar refractivity (Wildman–Crippen MR) is 277 cm³/mol. The summed E-state index contributed by atoms with van der Waals surface area (Å²) in [6.45, 7) is 8.68. The van der Waals surface area contributed by atoms with Crippen LogP contribution in [0.25, 0.3) is 111 Å². The molecule has 0 saturated heterocycles. The van der Waals surface area contributed by atoms with Gasteiger partial charge in [0, 0.05) is 43.8 Å². The lowest BCUT2D eigenvalue weighted by Gasteiger charge is -2.21. The van der Waals surface area contributed by atoms with Crippen LogP contribution in [0.5, 0.6) is 0 Å². The van der Waals surface area contributed by atoms with Crippen molar-refractivity contribution in [3.05, 3.63) is 218 Å². The first-order chi connectivity index (χ1) is 33.0. The zero-order valence-corrected chi connectivity index (χ0v) is 37.8. The van der Waals surface area contributed by atoms with E-state index in [9.17, 15) is 0 Å². The van der Waals surface area contributed by atoms with Crippen LogP contribution < -0.4 is 0 Å². The first-order valence-electron chi connectivity index (χ1n) is 23.1. The van der Waals surface area contributed by atoms with Crippen molar-refractivity contribution in [2.24, 2.45) is 0 Å². The second-order valence-corrected chi connectivity index (χ2v) is 17.5. The maximum Gasteiger partial charge on any atom is 0.198 e. The second kappa shape index (κ2) is 15.9. The van der Waals surface area contributed by atoms with Crippen molar-refractivity contribution in [1.82, 2.24) is 29.1 Å². The van der Waals surface area contributed by atoms with E-state index in [4.69, 9.17) is 19.9 Å². The average molecular weight is 863 g/mol. The van der Waals surface area contributed by atoms with Gasteiger partial charge < -0.3 is 9.13 Å². The van der Waals surface area contributed by atoms with E-state index >= 15 is 0 Å². The molecule has 0 radical (unpaired) electrons. The molecule has 0 unspecified atom stereocenters. The van der Waals surface area contributed by atoms with Gasteiger partial charge in [0.15, 0.2) is 11.6 Å². The van der Waals surface area contributed by atoms with Gasteiger partial charge in [0.2, 0.25) is 0 Å². The molecule has 0 N–H and O–H groups in total. The summed E-state index contributed by atoms with van der Waals surface area (Å²) in [6, 6.07) is 69.3. The number of hydrogen-bond acceptors (Lipinski definition) is 4. The molecule has 0 atom stereocenters. The highest BCUT2D eigenvalue weighted by Crippen LogP contribution is 2.51. The van der Waals surface area contributed by atoms with Crippen molar-refractivity contribution >= 4 is 43.6 Å². The molecule has 1 aliphatic rings. The molecule has 67 heavy (non-hydrogen) atoms. The number of benzene rings is 8. The molecular weight excluding hydrogens is 817 g/mol. The minimum Gasteiger partial charge on any atom is -0.309 e. The normalized spacial score (nSPS) is 12.6. The summed E-state index contributed by atoms with van der Waals surface area (Å²) in [5.74, 6) is 0.943.